The lowest BCUT2D eigenvalue weighted by Gasteiger charge is -2.29. The predicted molar refractivity (Wildman–Crippen MR) is 169 cm³/mol. The van der Waals surface area contributed by atoms with Gasteiger partial charge in [0.25, 0.3) is 5.91 Å². The number of ether oxygens (including phenoxy) is 3. The second-order valence-electron chi connectivity index (χ2n) is 10.4. The van der Waals surface area contributed by atoms with Gasteiger partial charge in [-0.3, -0.25) is 25.1 Å². The minimum absolute atomic E-state index is 0.174. The van der Waals surface area contributed by atoms with Crippen LogP contribution in [0.3, 0.4) is 0 Å². The SMILES string of the molecule is C[C@@H](Oc1ccc(NC2CCCCO2)c(C(=N)c2cnc3c(c2)N(C(=O)c2ccccn2)CCO3)c1)c1c(Cl)cncc1Cl. The Hall–Kier alpha value is -4.25. The zero-order valence-corrected chi connectivity index (χ0v) is 25.4. The molecule has 10 nitrogen and oxygen atoms in total. The lowest BCUT2D eigenvalue weighted by molar-refractivity contribution is 0.0343. The van der Waals surface area contributed by atoms with Crippen LogP contribution >= 0.6 is 23.2 Å². The van der Waals surface area contributed by atoms with Crippen LogP contribution in [0, 0.1) is 5.41 Å². The number of halogens is 2. The highest BCUT2D eigenvalue weighted by Crippen LogP contribution is 2.36. The summed E-state index contributed by atoms with van der Waals surface area (Å²) in [6, 6.07) is 12.4. The Kier molecular flexibility index (Phi) is 8.92. The molecule has 0 radical (unpaired) electrons. The van der Waals surface area contributed by atoms with E-state index in [1.807, 2.05) is 19.1 Å². The molecule has 2 N–H and O–H groups in total. The summed E-state index contributed by atoms with van der Waals surface area (Å²) in [6.45, 7) is 3.15. The number of hydrogen-bond acceptors (Lipinski definition) is 9. The van der Waals surface area contributed by atoms with Crippen molar-refractivity contribution in [1.29, 1.82) is 5.41 Å². The van der Waals surface area contributed by atoms with Gasteiger partial charge in [-0.25, -0.2) is 4.98 Å². The number of aromatic nitrogens is 3. The fraction of sp³-hybridized carbons (Fsp3) is 0.281. The van der Waals surface area contributed by atoms with Crippen LogP contribution in [0.4, 0.5) is 11.4 Å². The molecule has 0 bridgehead atoms. The van der Waals surface area contributed by atoms with Crippen molar-refractivity contribution < 1.29 is 19.0 Å². The minimum atomic E-state index is -0.491. The summed E-state index contributed by atoms with van der Waals surface area (Å²) in [6.07, 6.45) is 8.44. The molecule has 1 saturated heterocycles. The van der Waals surface area contributed by atoms with E-state index in [0.717, 1.165) is 19.3 Å². The molecule has 1 aromatic carbocycles. The molecule has 2 aliphatic rings. The fourth-order valence-electron chi connectivity index (χ4n) is 5.26. The standard InChI is InChI=1S/C32H30Cl2N6O4/c1-19(29-23(33)17-36-18-24(29)34)44-21-8-9-25(39-28-7-3-5-12-42-28)22(15-21)30(35)20-14-27-31(38-16-20)43-13-11-40(27)32(41)26-6-2-4-10-37-26/h2,4,6,8-10,14-19,28,35,39H,3,5,7,11-13H2,1H3/t19-,28?/m1/s1. The lowest BCUT2D eigenvalue weighted by atomic mass is 10.0. The van der Waals surface area contributed by atoms with Gasteiger partial charge in [0.15, 0.2) is 0 Å². The van der Waals surface area contributed by atoms with E-state index in [2.05, 4.69) is 20.3 Å². The van der Waals surface area contributed by atoms with Gasteiger partial charge in [0.2, 0.25) is 5.88 Å². The molecule has 2 atom stereocenters. The van der Waals surface area contributed by atoms with Crippen LogP contribution in [0.5, 0.6) is 11.6 Å². The van der Waals surface area contributed by atoms with Gasteiger partial charge in [0.1, 0.15) is 36.1 Å². The molecular weight excluding hydrogens is 603 g/mol. The fourth-order valence-corrected chi connectivity index (χ4v) is 5.93. The first kappa shape index (κ1) is 29.8. The number of benzene rings is 1. The maximum atomic E-state index is 13.4. The van der Waals surface area contributed by atoms with Crippen molar-refractivity contribution in [2.24, 2.45) is 0 Å². The molecule has 3 aromatic heterocycles. The van der Waals surface area contributed by atoms with Crippen molar-refractivity contribution in [2.75, 3.05) is 30.0 Å². The Morgan fingerprint density at radius 3 is 2.68 bits per heavy atom. The van der Waals surface area contributed by atoms with Gasteiger partial charge < -0.3 is 19.5 Å². The molecular formula is C32H30Cl2N6O4. The molecule has 1 amide bonds. The van der Waals surface area contributed by atoms with Crippen LogP contribution in [0.1, 0.15) is 59.5 Å². The molecule has 1 unspecified atom stereocenters. The Balaban J connectivity index is 1.34. The first-order valence-corrected chi connectivity index (χ1v) is 15.1. The van der Waals surface area contributed by atoms with E-state index in [0.29, 0.717) is 75.2 Å². The predicted octanol–water partition coefficient (Wildman–Crippen LogP) is 6.71. The Bertz CT molecular complexity index is 1660. The number of carbonyl (C=O) groups excluding carboxylic acids is 1. The number of fused-ring (bicyclic) bond motifs is 1. The topological polar surface area (TPSA) is 123 Å². The monoisotopic (exact) mass is 632 g/mol. The quantitative estimate of drug-likeness (QED) is 0.205. The van der Waals surface area contributed by atoms with E-state index in [4.69, 9.17) is 37.4 Å². The molecule has 5 heterocycles. The number of anilines is 2. The van der Waals surface area contributed by atoms with Crippen molar-refractivity contribution in [3.8, 4) is 11.6 Å². The molecule has 226 valence electrons. The Labute approximate surface area is 264 Å². The summed E-state index contributed by atoms with van der Waals surface area (Å²) in [5.74, 6) is 0.566. The average Bonchev–Trinajstić information content (AvgIpc) is 3.05. The maximum absolute atomic E-state index is 13.4. The highest BCUT2D eigenvalue weighted by Gasteiger charge is 2.28. The molecule has 4 aromatic rings. The summed E-state index contributed by atoms with van der Waals surface area (Å²) in [4.78, 5) is 27.7. The van der Waals surface area contributed by atoms with Gasteiger partial charge in [-0.15, -0.1) is 0 Å². The van der Waals surface area contributed by atoms with Gasteiger partial charge in [0.05, 0.1) is 22.3 Å². The van der Waals surface area contributed by atoms with Crippen molar-refractivity contribution in [1.82, 2.24) is 15.0 Å². The number of carbonyl (C=O) groups is 1. The molecule has 0 aliphatic carbocycles. The van der Waals surface area contributed by atoms with Gasteiger partial charge in [0, 0.05) is 53.8 Å². The van der Waals surface area contributed by atoms with Crippen LogP contribution in [0.25, 0.3) is 0 Å². The zero-order chi connectivity index (χ0) is 30.6. The van der Waals surface area contributed by atoms with E-state index in [1.165, 1.54) is 12.4 Å². The van der Waals surface area contributed by atoms with E-state index < -0.39 is 6.10 Å². The second kappa shape index (κ2) is 13.2. The largest absolute Gasteiger partial charge is 0.486 e. The van der Waals surface area contributed by atoms with Crippen molar-refractivity contribution in [3.05, 3.63) is 99.7 Å². The Morgan fingerprint density at radius 2 is 1.93 bits per heavy atom. The zero-order valence-electron chi connectivity index (χ0n) is 23.9. The molecule has 1 fully saturated rings. The number of nitrogens with one attached hydrogen (secondary N) is 2. The number of hydrogen-bond donors (Lipinski definition) is 2. The van der Waals surface area contributed by atoms with Gasteiger partial charge >= 0.3 is 0 Å². The molecule has 0 spiro atoms. The summed E-state index contributed by atoms with van der Waals surface area (Å²) in [7, 11) is 0. The first-order valence-electron chi connectivity index (χ1n) is 14.3. The van der Waals surface area contributed by atoms with E-state index in [1.54, 1.807) is 47.6 Å². The van der Waals surface area contributed by atoms with Crippen LogP contribution < -0.4 is 19.7 Å². The van der Waals surface area contributed by atoms with E-state index in [9.17, 15) is 10.2 Å². The Morgan fingerprint density at radius 1 is 1.09 bits per heavy atom. The number of rotatable bonds is 8. The van der Waals surface area contributed by atoms with Crippen molar-refractivity contribution in [2.45, 2.75) is 38.5 Å². The van der Waals surface area contributed by atoms with Crippen LogP contribution in [0.15, 0.2) is 67.3 Å². The van der Waals surface area contributed by atoms with Gasteiger partial charge in [-0.2, -0.15) is 0 Å². The molecule has 2 aliphatic heterocycles. The summed E-state index contributed by atoms with van der Waals surface area (Å²) in [5.41, 5.74) is 3.34. The van der Waals surface area contributed by atoms with E-state index >= 15 is 0 Å². The van der Waals surface area contributed by atoms with E-state index in [-0.39, 0.29) is 17.8 Å². The van der Waals surface area contributed by atoms with Gasteiger partial charge in [-0.1, -0.05) is 29.3 Å². The van der Waals surface area contributed by atoms with Crippen LogP contribution in [0.2, 0.25) is 10.0 Å². The average molecular weight is 634 g/mol. The lowest BCUT2D eigenvalue weighted by Crippen LogP contribution is -2.38. The third-order valence-electron chi connectivity index (χ3n) is 7.46. The molecule has 6 rings (SSSR count). The first-order chi connectivity index (χ1) is 21.4. The number of nitrogens with zero attached hydrogens (tertiary/aromatic N) is 4. The normalized spacial score (nSPS) is 16.8. The third-order valence-corrected chi connectivity index (χ3v) is 8.06. The molecule has 12 heteroatoms. The highest BCUT2D eigenvalue weighted by atomic mass is 35.5. The molecule has 44 heavy (non-hydrogen) atoms. The van der Waals surface area contributed by atoms with Gasteiger partial charge in [-0.05, 0) is 62.6 Å². The summed E-state index contributed by atoms with van der Waals surface area (Å²) in [5, 5.41) is 13.6. The summed E-state index contributed by atoms with van der Waals surface area (Å²) < 4.78 is 18.0. The second-order valence-corrected chi connectivity index (χ2v) is 11.2. The molecule has 0 saturated carbocycles. The number of pyridine rings is 3. The van der Waals surface area contributed by atoms with Crippen molar-refractivity contribution >= 4 is 46.2 Å². The van der Waals surface area contributed by atoms with Crippen LogP contribution in [-0.2, 0) is 4.74 Å². The van der Waals surface area contributed by atoms with Crippen LogP contribution in [-0.4, -0.2) is 52.6 Å². The van der Waals surface area contributed by atoms with Crippen molar-refractivity contribution in [3.63, 3.8) is 0 Å². The third kappa shape index (κ3) is 6.33. The smallest absolute Gasteiger partial charge is 0.277 e. The maximum Gasteiger partial charge on any atom is 0.277 e. The highest BCUT2D eigenvalue weighted by molar-refractivity contribution is 6.35. The number of amides is 1. The minimum Gasteiger partial charge on any atom is -0.486 e. The summed E-state index contributed by atoms with van der Waals surface area (Å²) >= 11 is 12.8.